The number of carbonyl (C=O) groups is 3. The highest BCUT2D eigenvalue weighted by atomic mass is 16.5. The van der Waals surface area contributed by atoms with Gasteiger partial charge in [-0.3, -0.25) is 9.59 Å². The van der Waals surface area contributed by atoms with E-state index in [0.29, 0.717) is 5.56 Å². The average molecular weight is 364 g/mol. The van der Waals surface area contributed by atoms with Crippen molar-refractivity contribution in [2.24, 2.45) is 0 Å². The predicted octanol–water partition coefficient (Wildman–Crippen LogP) is 2.43. The number of hydrogen-bond donors (Lipinski definition) is 2. The third-order valence-corrected chi connectivity index (χ3v) is 3.67. The molecule has 0 spiro atoms. The van der Waals surface area contributed by atoms with Crippen LogP contribution in [-0.2, 0) is 19.1 Å². The van der Waals surface area contributed by atoms with E-state index in [1.54, 1.807) is 26.0 Å². The maximum absolute atomic E-state index is 12.5. The molecule has 0 unspecified atom stereocenters. The van der Waals surface area contributed by atoms with Gasteiger partial charge in [0.15, 0.2) is 0 Å². The van der Waals surface area contributed by atoms with Crippen molar-refractivity contribution in [1.29, 1.82) is 0 Å². The average Bonchev–Trinajstić information content (AvgIpc) is 2.60. The predicted molar refractivity (Wildman–Crippen MR) is 99.1 cm³/mol. The summed E-state index contributed by atoms with van der Waals surface area (Å²) in [7, 11) is 0. The lowest BCUT2D eigenvalue weighted by molar-refractivity contribution is -0.146. The van der Waals surface area contributed by atoms with Crippen molar-refractivity contribution >= 4 is 23.5 Å². The van der Waals surface area contributed by atoms with Crippen LogP contribution in [0.3, 0.4) is 0 Å². The number of amides is 1. The number of carbonyl (C=O) groups excluding carboxylic acids is 3. The highest BCUT2D eigenvalue weighted by Gasteiger charge is 2.24. The van der Waals surface area contributed by atoms with E-state index in [1.165, 1.54) is 0 Å². The van der Waals surface area contributed by atoms with Gasteiger partial charge in [-0.15, -0.1) is 0 Å². The number of benzene rings is 1. The van der Waals surface area contributed by atoms with Crippen molar-refractivity contribution in [3.05, 3.63) is 29.3 Å². The van der Waals surface area contributed by atoms with Crippen molar-refractivity contribution in [2.75, 3.05) is 25.1 Å². The number of esters is 2. The molecule has 1 amide bonds. The van der Waals surface area contributed by atoms with Crippen molar-refractivity contribution in [2.45, 2.75) is 46.6 Å². The smallest absolute Gasteiger partial charge is 0.328 e. The van der Waals surface area contributed by atoms with E-state index < -0.39 is 23.9 Å². The third kappa shape index (κ3) is 6.74. The monoisotopic (exact) mass is 364 g/mol. The normalized spacial score (nSPS) is 11.4. The fourth-order valence-corrected chi connectivity index (χ4v) is 2.42. The molecule has 0 aromatic heterocycles. The molecule has 144 valence electrons. The second kappa shape index (κ2) is 11.1. The topological polar surface area (TPSA) is 93.7 Å². The molecule has 2 N–H and O–H groups in total. The van der Waals surface area contributed by atoms with Gasteiger partial charge in [-0.25, -0.2) is 4.79 Å². The summed E-state index contributed by atoms with van der Waals surface area (Å²) >= 11 is 0. The number of ether oxygens (including phenoxy) is 2. The Balaban J connectivity index is 2.81. The Labute approximate surface area is 154 Å². The molecule has 0 saturated heterocycles. The molecule has 0 fully saturated rings. The number of rotatable bonds is 10. The van der Waals surface area contributed by atoms with Crippen LogP contribution in [-0.4, -0.2) is 43.6 Å². The van der Waals surface area contributed by atoms with Gasteiger partial charge in [-0.05, 0) is 57.9 Å². The molecule has 0 saturated carbocycles. The molecule has 0 bridgehead atoms. The van der Waals surface area contributed by atoms with Crippen LogP contribution in [0, 0.1) is 6.92 Å². The molecular formula is C19H28N2O5. The first-order valence-corrected chi connectivity index (χ1v) is 8.90. The molecule has 1 atom stereocenters. The standard InChI is InChI=1S/C19H28N2O5/c1-5-20-15-9-8-14(12-13(15)4)18(23)21-16(19(24)26-7-3)10-11-17(22)25-6-2/h8-9,12,16,20H,5-7,10-11H2,1-4H3,(H,21,23)/t16-/m0/s1. The van der Waals surface area contributed by atoms with E-state index in [9.17, 15) is 14.4 Å². The maximum atomic E-state index is 12.5. The molecule has 0 radical (unpaired) electrons. The lowest BCUT2D eigenvalue weighted by Gasteiger charge is -2.17. The second-order valence-electron chi connectivity index (χ2n) is 5.68. The first-order valence-electron chi connectivity index (χ1n) is 8.90. The van der Waals surface area contributed by atoms with Crippen molar-refractivity contribution in [3.8, 4) is 0 Å². The zero-order chi connectivity index (χ0) is 19.5. The fraction of sp³-hybridized carbons (Fsp3) is 0.526. The lowest BCUT2D eigenvalue weighted by Crippen LogP contribution is -2.42. The highest BCUT2D eigenvalue weighted by Crippen LogP contribution is 2.16. The van der Waals surface area contributed by atoms with E-state index >= 15 is 0 Å². The van der Waals surface area contributed by atoms with Crippen LogP contribution >= 0.6 is 0 Å². The molecule has 7 heteroatoms. The van der Waals surface area contributed by atoms with Gasteiger partial charge in [0.1, 0.15) is 6.04 Å². The Morgan fingerprint density at radius 1 is 1.08 bits per heavy atom. The van der Waals surface area contributed by atoms with Crippen molar-refractivity contribution in [1.82, 2.24) is 5.32 Å². The molecule has 1 rings (SSSR count). The zero-order valence-corrected chi connectivity index (χ0v) is 15.9. The minimum atomic E-state index is -0.902. The highest BCUT2D eigenvalue weighted by molar-refractivity contribution is 5.97. The molecule has 1 aromatic rings. The summed E-state index contributed by atoms with van der Waals surface area (Å²) < 4.78 is 9.85. The van der Waals surface area contributed by atoms with Gasteiger partial charge in [0, 0.05) is 24.2 Å². The van der Waals surface area contributed by atoms with Crippen molar-refractivity contribution < 1.29 is 23.9 Å². The van der Waals surface area contributed by atoms with Crippen LogP contribution in [0.2, 0.25) is 0 Å². The van der Waals surface area contributed by atoms with Crippen molar-refractivity contribution in [3.63, 3.8) is 0 Å². The van der Waals surface area contributed by atoms with Crippen LogP contribution in [0.5, 0.6) is 0 Å². The summed E-state index contributed by atoms with van der Waals surface area (Å²) in [6.45, 7) is 8.54. The zero-order valence-electron chi connectivity index (χ0n) is 15.9. The third-order valence-electron chi connectivity index (χ3n) is 3.67. The Morgan fingerprint density at radius 2 is 1.77 bits per heavy atom. The molecular weight excluding hydrogens is 336 g/mol. The summed E-state index contributed by atoms with van der Waals surface area (Å²) in [6.07, 6.45) is 0.147. The first-order chi connectivity index (χ1) is 12.4. The Bertz CT molecular complexity index is 630. The lowest BCUT2D eigenvalue weighted by atomic mass is 10.1. The molecule has 0 heterocycles. The summed E-state index contributed by atoms with van der Waals surface area (Å²) in [5.74, 6) is -1.37. The summed E-state index contributed by atoms with van der Waals surface area (Å²) in [6, 6.07) is 4.36. The van der Waals surface area contributed by atoms with Crippen LogP contribution in [0.4, 0.5) is 5.69 Å². The van der Waals surface area contributed by atoms with Crippen LogP contribution in [0.15, 0.2) is 18.2 Å². The maximum Gasteiger partial charge on any atom is 0.328 e. The molecule has 0 aliphatic rings. The molecule has 0 aliphatic heterocycles. The number of anilines is 1. The van der Waals surface area contributed by atoms with E-state index in [4.69, 9.17) is 9.47 Å². The Kier molecular flexibility index (Phi) is 9.19. The summed E-state index contributed by atoms with van der Waals surface area (Å²) in [5, 5.41) is 5.86. The van der Waals surface area contributed by atoms with Gasteiger partial charge >= 0.3 is 11.9 Å². The van der Waals surface area contributed by atoms with Crippen LogP contribution in [0.25, 0.3) is 0 Å². The van der Waals surface area contributed by atoms with Crippen LogP contribution < -0.4 is 10.6 Å². The molecule has 1 aromatic carbocycles. The molecule has 7 nitrogen and oxygen atoms in total. The van der Waals surface area contributed by atoms with Gasteiger partial charge < -0.3 is 20.1 Å². The quantitative estimate of drug-likeness (QED) is 0.619. The second-order valence-corrected chi connectivity index (χ2v) is 5.68. The number of nitrogens with one attached hydrogen (secondary N) is 2. The Morgan fingerprint density at radius 3 is 2.35 bits per heavy atom. The van der Waals surface area contributed by atoms with Gasteiger partial charge in [-0.1, -0.05) is 0 Å². The fourth-order valence-electron chi connectivity index (χ4n) is 2.42. The van der Waals surface area contributed by atoms with Gasteiger partial charge in [0.25, 0.3) is 5.91 Å². The molecule has 26 heavy (non-hydrogen) atoms. The minimum Gasteiger partial charge on any atom is -0.466 e. The van der Waals surface area contributed by atoms with E-state index in [0.717, 1.165) is 17.8 Å². The largest absolute Gasteiger partial charge is 0.466 e. The van der Waals surface area contributed by atoms with Gasteiger partial charge in [0.2, 0.25) is 0 Å². The van der Waals surface area contributed by atoms with Gasteiger partial charge in [0.05, 0.1) is 13.2 Å². The number of aryl methyl sites for hydroxylation is 1. The summed E-state index contributed by atoms with van der Waals surface area (Å²) in [5.41, 5.74) is 2.32. The first kappa shape index (κ1) is 21.5. The van der Waals surface area contributed by atoms with Crippen LogP contribution in [0.1, 0.15) is 49.5 Å². The number of hydrogen-bond acceptors (Lipinski definition) is 6. The van der Waals surface area contributed by atoms with E-state index in [-0.39, 0.29) is 26.1 Å². The minimum absolute atomic E-state index is 0.0238. The summed E-state index contributed by atoms with van der Waals surface area (Å²) in [4.78, 5) is 36.1. The Hall–Kier alpha value is -2.57. The van der Waals surface area contributed by atoms with E-state index in [1.807, 2.05) is 19.9 Å². The molecule has 0 aliphatic carbocycles. The SMILES string of the molecule is CCNc1ccc(C(=O)N[C@@H](CCC(=O)OCC)C(=O)OCC)cc1C. The van der Waals surface area contributed by atoms with E-state index in [2.05, 4.69) is 10.6 Å². The van der Waals surface area contributed by atoms with Gasteiger partial charge in [-0.2, -0.15) is 0 Å².